The van der Waals surface area contributed by atoms with Crippen molar-refractivity contribution in [3.63, 3.8) is 0 Å². The number of hydrogen-bond donors (Lipinski definition) is 2. The molecule has 2 amide bonds. The van der Waals surface area contributed by atoms with E-state index in [2.05, 4.69) is 5.43 Å². The highest BCUT2D eigenvalue weighted by molar-refractivity contribution is 5.90. The second-order valence-corrected chi connectivity index (χ2v) is 5.24. The van der Waals surface area contributed by atoms with E-state index in [1.807, 2.05) is 0 Å². The van der Waals surface area contributed by atoms with Crippen LogP contribution in [-0.2, 0) is 9.47 Å². The van der Waals surface area contributed by atoms with E-state index in [0.29, 0.717) is 11.4 Å². The zero-order valence-corrected chi connectivity index (χ0v) is 12.7. The second-order valence-electron chi connectivity index (χ2n) is 5.24. The summed E-state index contributed by atoms with van der Waals surface area (Å²) >= 11 is 0. The fourth-order valence-corrected chi connectivity index (χ4v) is 1.40. The molecule has 0 heterocycles. The van der Waals surface area contributed by atoms with Crippen LogP contribution in [0.2, 0.25) is 0 Å². The van der Waals surface area contributed by atoms with Crippen LogP contribution in [0.25, 0.3) is 0 Å². The first-order valence-corrected chi connectivity index (χ1v) is 6.55. The van der Waals surface area contributed by atoms with Gasteiger partial charge >= 0.3 is 12.2 Å². The van der Waals surface area contributed by atoms with Crippen molar-refractivity contribution in [1.82, 2.24) is 5.43 Å². The highest BCUT2D eigenvalue weighted by atomic mass is 16.6. The molecule has 0 radical (unpaired) electrons. The quantitative estimate of drug-likeness (QED) is 0.646. The Hall–Kier alpha value is -2.44. The maximum atomic E-state index is 12.2. The molecule has 0 fully saturated rings. The lowest BCUT2D eigenvalue weighted by atomic mass is 10.2. The third-order valence-electron chi connectivity index (χ3n) is 2.21. The topological polar surface area (TPSA) is 93.9 Å². The van der Waals surface area contributed by atoms with Crippen LogP contribution >= 0.6 is 0 Å². The van der Waals surface area contributed by atoms with E-state index < -0.39 is 17.8 Å². The Kier molecular flexibility index (Phi) is 5.40. The van der Waals surface area contributed by atoms with E-state index in [1.165, 1.54) is 0 Å². The van der Waals surface area contributed by atoms with E-state index in [0.717, 1.165) is 5.01 Å². The molecule has 0 bridgehead atoms. The fourth-order valence-electron chi connectivity index (χ4n) is 1.40. The van der Waals surface area contributed by atoms with Gasteiger partial charge in [-0.3, -0.25) is 0 Å². The number of hydrogen-bond acceptors (Lipinski definition) is 5. The Balaban J connectivity index is 2.96. The number of anilines is 2. The number of hydrazine groups is 1. The maximum absolute atomic E-state index is 12.2. The summed E-state index contributed by atoms with van der Waals surface area (Å²) < 4.78 is 10.0. The molecule has 0 unspecified atom stereocenters. The Morgan fingerprint density at radius 1 is 1.24 bits per heavy atom. The number of carbonyl (C=O) groups excluding carboxylic acids is 2. The van der Waals surface area contributed by atoms with Crippen LogP contribution in [0.3, 0.4) is 0 Å². The van der Waals surface area contributed by atoms with Crippen molar-refractivity contribution in [3.8, 4) is 0 Å². The molecule has 0 atom stereocenters. The zero-order chi connectivity index (χ0) is 16.0. The number of nitrogens with zero attached hydrogens (tertiary/aromatic N) is 1. The second kappa shape index (κ2) is 6.83. The van der Waals surface area contributed by atoms with Gasteiger partial charge in [0.15, 0.2) is 0 Å². The van der Waals surface area contributed by atoms with Gasteiger partial charge in [0.1, 0.15) is 5.60 Å². The Labute approximate surface area is 124 Å². The van der Waals surface area contributed by atoms with Gasteiger partial charge in [-0.2, -0.15) is 5.01 Å². The smallest absolute Gasteiger partial charge is 0.434 e. The monoisotopic (exact) mass is 295 g/mol. The molecular formula is C14H21N3O4. The first kappa shape index (κ1) is 16.6. The molecule has 0 saturated heterocycles. The Morgan fingerprint density at radius 2 is 1.81 bits per heavy atom. The minimum atomic E-state index is -0.750. The van der Waals surface area contributed by atoms with E-state index in [9.17, 15) is 9.59 Å². The molecule has 116 valence electrons. The van der Waals surface area contributed by atoms with Gasteiger partial charge in [-0.25, -0.2) is 15.0 Å². The van der Waals surface area contributed by atoms with Crippen molar-refractivity contribution in [2.45, 2.75) is 33.3 Å². The van der Waals surface area contributed by atoms with Crippen LogP contribution in [0.4, 0.5) is 21.0 Å². The molecule has 0 aliphatic heterocycles. The lowest BCUT2D eigenvalue weighted by Gasteiger charge is -2.27. The standard InChI is InChI=1S/C14H21N3O4/c1-5-20-12(18)16-17(13(19)21-14(2,3)4)11-8-6-10(15)7-9-11/h6-9H,5,15H2,1-4H3,(H,16,18). The van der Waals surface area contributed by atoms with E-state index in [1.54, 1.807) is 52.0 Å². The van der Waals surface area contributed by atoms with Crippen LogP contribution < -0.4 is 16.2 Å². The summed E-state index contributed by atoms with van der Waals surface area (Å²) in [5, 5.41) is 0.975. The summed E-state index contributed by atoms with van der Waals surface area (Å²) in [7, 11) is 0. The minimum absolute atomic E-state index is 0.190. The van der Waals surface area contributed by atoms with Gasteiger partial charge in [-0.05, 0) is 52.0 Å². The summed E-state index contributed by atoms with van der Waals surface area (Å²) in [5.41, 5.74) is 8.19. The Bertz CT molecular complexity index is 494. The molecule has 7 nitrogen and oxygen atoms in total. The van der Waals surface area contributed by atoms with Gasteiger partial charge in [-0.15, -0.1) is 0 Å². The molecule has 0 saturated carbocycles. The molecule has 0 aliphatic rings. The lowest BCUT2D eigenvalue weighted by Crippen LogP contribution is -2.48. The lowest BCUT2D eigenvalue weighted by molar-refractivity contribution is 0.0553. The predicted octanol–water partition coefficient (Wildman–Crippen LogP) is 2.67. The minimum Gasteiger partial charge on any atom is -0.449 e. The number of amides is 2. The first-order chi connectivity index (χ1) is 9.73. The van der Waals surface area contributed by atoms with Crippen molar-refractivity contribution in [3.05, 3.63) is 24.3 Å². The normalized spacial score (nSPS) is 10.7. The van der Waals surface area contributed by atoms with Crippen LogP contribution in [0.1, 0.15) is 27.7 Å². The summed E-state index contributed by atoms with van der Waals surface area (Å²) in [4.78, 5) is 23.7. The molecule has 1 rings (SSSR count). The third-order valence-corrected chi connectivity index (χ3v) is 2.21. The van der Waals surface area contributed by atoms with Crippen LogP contribution in [0, 0.1) is 0 Å². The average molecular weight is 295 g/mol. The molecule has 1 aromatic rings. The molecule has 1 aromatic carbocycles. The largest absolute Gasteiger partial charge is 0.449 e. The highest BCUT2D eigenvalue weighted by Crippen LogP contribution is 2.18. The van der Waals surface area contributed by atoms with Crippen molar-refractivity contribution in [1.29, 1.82) is 0 Å². The Morgan fingerprint density at radius 3 is 2.29 bits per heavy atom. The predicted molar refractivity (Wildman–Crippen MR) is 79.7 cm³/mol. The van der Waals surface area contributed by atoms with Gasteiger partial charge in [-0.1, -0.05) is 0 Å². The third kappa shape index (κ3) is 5.60. The fraction of sp³-hybridized carbons (Fsp3) is 0.429. The number of nitrogens with two attached hydrogens (primary N) is 1. The number of ether oxygens (including phenoxy) is 2. The van der Waals surface area contributed by atoms with Gasteiger partial charge in [0.2, 0.25) is 0 Å². The SMILES string of the molecule is CCOC(=O)NN(C(=O)OC(C)(C)C)c1ccc(N)cc1. The van der Waals surface area contributed by atoms with Crippen LogP contribution in [0.15, 0.2) is 24.3 Å². The molecule has 0 aromatic heterocycles. The molecule has 0 spiro atoms. The molecule has 7 heteroatoms. The molecule has 3 N–H and O–H groups in total. The molecule has 0 aliphatic carbocycles. The maximum Gasteiger partial charge on any atom is 0.434 e. The number of carbonyl (C=O) groups is 2. The van der Waals surface area contributed by atoms with Gasteiger partial charge in [0, 0.05) is 5.69 Å². The number of nitrogens with one attached hydrogen (secondary N) is 1. The van der Waals surface area contributed by atoms with Crippen LogP contribution in [0.5, 0.6) is 0 Å². The average Bonchev–Trinajstić information content (AvgIpc) is 2.35. The van der Waals surface area contributed by atoms with Gasteiger partial charge in [0.05, 0.1) is 12.3 Å². The molecule has 21 heavy (non-hydrogen) atoms. The summed E-state index contributed by atoms with van der Waals surface area (Å²) in [6.45, 7) is 7.06. The zero-order valence-electron chi connectivity index (χ0n) is 12.7. The van der Waals surface area contributed by atoms with Crippen LogP contribution in [-0.4, -0.2) is 24.4 Å². The van der Waals surface area contributed by atoms with Crippen molar-refractivity contribution < 1.29 is 19.1 Å². The molecular weight excluding hydrogens is 274 g/mol. The van der Waals surface area contributed by atoms with E-state index >= 15 is 0 Å². The summed E-state index contributed by atoms with van der Waals surface area (Å²) in [6.07, 6.45) is -1.47. The summed E-state index contributed by atoms with van der Waals surface area (Å²) in [6, 6.07) is 6.40. The highest BCUT2D eigenvalue weighted by Gasteiger charge is 2.25. The van der Waals surface area contributed by atoms with Crippen molar-refractivity contribution in [2.24, 2.45) is 0 Å². The number of nitrogen functional groups attached to an aromatic ring is 1. The summed E-state index contributed by atoms with van der Waals surface area (Å²) in [5.74, 6) is 0. The first-order valence-electron chi connectivity index (χ1n) is 6.55. The van der Waals surface area contributed by atoms with Crippen molar-refractivity contribution in [2.75, 3.05) is 17.3 Å². The van der Waals surface area contributed by atoms with Crippen molar-refractivity contribution >= 4 is 23.6 Å². The van der Waals surface area contributed by atoms with Gasteiger partial charge in [0.25, 0.3) is 0 Å². The van der Waals surface area contributed by atoms with Gasteiger partial charge < -0.3 is 15.2 Å². The number of rotatable bonds is 2. The number of benzene rings is 1. The van der Waals surface area contributed by atoms with E-state index in [-0.39, 0.29) is 6.61 Å². The van der Waals surface area contributed by atoms with E-state index in [4.69, 9.17) is 15.2 Å².